The number of carbonyl (C=O) groups is 1. The molecule has 0 saturated heterocycles. The highest BCUT2D eigenvalue weighted by Gasteiger charge is 2.15. The Balaban J connectivity index is 2.16. The van der Waals surface area contributed by atoms with E-state index in [0.717, 1.165) is 20.9 Å². The summed E-state index contributed by atoms with van der Waals surface area (Å²) in [7, 11) is 0. The van der Waals surface area contributed by atoms with Crippen molar-refractivity contribution in [3.63, 3.8) is 0 Å². The molecule has 0 spiro atoms. The van der Waals surface area contributed by atoms with Gasteiger partial charge in [-0.05, 0) is 52.2 Å². The van der Waals surface area contributed by atoms with E-state index in [1.165, 1.54) is 0 Å². The van der Waals surface area contributed by atoms with E-state index in [4.69, 9.17) is 0 Å². The van der Waals surface area contributed by atoms with E-state index < -0.39 is 0 Å². The van der Waals surface area contributed by atoms with Crippen LogP contribution in [0.1, 0.15) is 35.3 Å². The Morgan fingerprint density at radius 3 is 2.35 bits per heavy atom. The maximum Gasteiger partial charge on any atom is 0.252 e. The molecule has 0 saturated carbocycles. The third kappa shape index (κ3) is 3.70. The van der Waals surface area contributed by atoms with E-state index in [0.29, 0.717) is 5.56 Å². The van der Waals surface area contributed by atoms with Gasteiger partial charge in [0.05, 0.1) is 11.6 Å². The van der Waals surface area contributed by atoms with Crippen molar-refractivity contribution in [2.24, 2.45) is 0 Å². The second-order valence-corrected chi connectivity index (χ2v) is 6.24. The molecular formula is C16H15Br2NO. The van der Waals surface area contributed by atoms with Gasteiger partial charge < -0.3 is 5.32 Å². The predicted octanol–water partition coefficient (Wildman–Crippen LogP) is 5.09. The second kappa shape index (κ2) is 7.04. The molecule has 0 unspecified atom stereocenters. The van der Waals surface area contributed by atoms with Gasteiger partial charge in [-0.25, -0.2) is 0 Å². The van der Waals surface area contributed by atoms with Crippen LogP contribution in [-0.2, 0) is 0 Å². The molecule has 104 valence electrons. The molecule has 1 amide bonds. The van der Waals surface area contributed by atoms with Crippen LogP contribution in [0.2, 0.25) is 0 Å². The first-order chi connectivity index (χ1) is 9.61. The summed E-state index contributed by atoms with van der Waals surface area (Å²) in [5.74, 6) is -0.0627. The maximum absolute atomic E-state index is 12.3. The Bertz CT molecular complexity index is 596. The van der Waals surface area contributed by atoms with Crippen LogP contribution in [0.4, 0.5) is 0 Å². The van der Waals surface area contributed by atoms with Gasteiger partial charge in [-0.1, -0.05) is 47.1 Å². The molecule has 0 aromatic heterocycles. The molecule has 2 aromatic rings. The lowest BCUT2D eigenvalue weighted by Gasteiger charge is -2.18. The van der Waals surface area contributed by atoms with Crippen molar-refractivity contribution < 1.29 is 4.79 Å². The van der Waals surface area contributed by atoms with E-state index in [1.54, 1.807) is 0 Å². The van der Waals surface area contributed by atoms with Gasteiger partial charge in [0.25, 0.3) is 5.91 Å². The van der Waals surface area contributed by atoms with E-state index in [-0.39, 0.29) is 11.9 Å². The molecule has 2 rings (SSSR count). The number of hydrogen-bond donors (Lipinski definition) is 1. The molecule has 4 heteroatoms. The van der Waals surface area contributed by atoms with Gasteiger partial charge in [-0.2, -0.15) is 0 Å². The number of nitrogens with one attached hydrogen (secondary N) is 1. The van der Waals surface area contributed by atoms with Crippen LogP contribution < -0.4 is 5.32 Å². The average molecular weight is 397 g/mol. The van der Waals surface area contributed by atoms with Gasteiger partial charge in [0.1, 0.15) is 0 Å². The lowest BCUT2D eigenvalue weighted by Crippen LogP contribution is -2.28. The largest absolute Gasteiger partial charge is 0.345 e. The minimum absolute atomic E-state index is 0.0164. The van der Waals surface area contributed by atoms with E-state index in [1.807, 2.05) is 48.5 Å². The Morgan fingerprint density at radius 2 is 1.75 bits per heavy atom. The second-order valence-electron chi connectivity index (χ2n) is 4.47. The van der Waals surface area contributed by atoms with Gasteiger partial charge in [-0.15, -0.1) is 0 Å². The van der Waals surface area contributed by atoms with Crippen LogP contribution in [0.15, 0.2) is 57.5 Å². The number of hydrogen-bond acceptors (Lipinski definition) is 1. The highest BCUT2D eigenvalue weighted by molar-refractivity contribution is 9.10. The van der Waals surface area contributed by atoms with Crippen molar-refractivity contribution in [3.8, 4) is 0 Å². The molecule has 0 aliphatic heterocycles. The third-order valence-corrected chi connectivity index (χ3v) is 4.32. The minimum atomic E-state index is -0.0627. The first kappa shape index (κ1) is 15.3. The summed E-state index contributed by atoms with van der Waals surface area (Å²) in [4.78, 5) is 12.3. The maximum atomic E-state index is 12.3. The first-order valence-corrected chi connectivity index (χ1v) is 8.01. The van der Waals surface area contributed by atoms with Crippen molar-refractivity contribution in [3.05, 3.63) is 68.6 Å². The normalized spacial score (nSPS) is 11.9. The highest BCUT2D eigenvalue weighted by Crippen LogP contribution is 2.21. The Morgan fingerprint density at radius 1 is 1.10 bits per heavy atom. The van der Waals surface area contributed by atoms with Crippen molar-refractivity contribution in [1.29, 1.82) is 0 Å². The molecule has 20 heavy (non-hydrogen) atoms. The molecule has 0 aliphatic carbocycles. The zero-order chi connectivity index (χ0) is 14.5. The number of carbonyl (C=O) groups excluding carboxylic acids is 1. The molecule has 2 aromatic carbocycles. The molecule has 0 fully saturated rings. The monoisotopic (exact) mass is 395 g/mol. The van der Waals surface area contributed by atoms with Gasteiger partial charge in [0.15, 0.2) is 0 Å². The smallest absolute Gasteiger partial charge is 0.252 e. The van der Waals surface area contributed by atoms with E-state index >= 15 is 0 Å². The summed E-state index contributed by atoms with van der Waals surface area (Å²) in [5, 5.41) is 3.08. The molecular weight excluding hydrogens is 382 g/mol. The molecule has 0 radical (unpaired) electrons. The summed E-state index contributed by atoms with van der Waals surface area (Å²) >= 11 is 6.83. The van der Waals surface area contributed by atoms with E-state index in [9.17, 15) is 4.79 Å². The van der Waals surface area contributed by atoms with Crippen LogP contribution in [0.5, 0.6) is 0 Å². The lowest BCUT2D eigenvalue weighted by atomic mass is 10.0. The highest BCUT2D eigenvalue weighted by atomic mass is 79.9. The Hall–Kier alpha value is -1.13. The van der Waals surface area contributed by atoms with E-state index in [2.05, 4.69) is 44.1 Å². The van der Waals surface area contributed by atoms with Gasteiger partial charge in [0.2, 0.25) is 0 Å². The quantitative estimate of drug-likeness (QED) is 0.765. The van der Waals surface area contributed by atoms with Crippen molar-refractivity contribution >= 4 is 37.8 Å². The zero-order valence-electron chi connectivity index (χ0n) is 11.1. The fraction of sp³-hybridized carbons (Fsp3) is 0.188. The topological polar surface area (TPSA) is 29.1 Å². The molecule has 2 nitrogen and oxygen atoms in total. The summed E-state index contributed by atoms with van der Waals surface area (Å²) in [6, 6.07) is 15.5. The standard InChI is InChI=1S/C16H15Br2NO/c1-2-15(11-7-9-12(17)10-8-11)19-16(20)13-5-3-4-6-14(13)18/h3-10,15H,2H2,1H3,(H,19,20)/t15-/m1/s1. The van der Waals surface area contributed by atoms with Crippen molar-refractivity contribution in [1.82, 2.24) is 5.32 Å². The fourth-order valence-corrected chi connectivity index (χ4v) is 2.73. The number of rotatable bonds is 4. The van der Waals surface area contributed by atoms with Crippen LogP contribution >= 0.6 is 31.9 Å². The van der Waals surface area contributed by atoms with Gasteiger partial charge >= 0.3 is 0 Å². The summed E-state index contributed by atoms with van der Waals surface area (Å²) in [5.41, 5.74) is 1.76. The third-order valence-electron chi connectivity index (χ3n) is 3.10. The minimum Gasteiger partial charge on any atom is -0.345 e. The van der Waals surface area contributed by atoms with Crippen molar-refractivity contribution in [2.75, 3.05) is 0 Å². The first-order valence-electron chi connectivity index (χ1n) is 6.42. The zero-order valence-corrected chi connectivity index (χ0v) is 14.2. The molecule has 0 bridgehead atoms. The number of amides is 1. The molecule has 1 N–H and O–H groups in total. The summed E-state index contributed by atoms with van der Waals surface area (Å²) in [6.07, 6.45) is 0.845. The number of benzene rings is 2. The van der Waals surface area contributed by atoms with Crippen LogP contribution in [0, 0.1) is 0 Å². The Kier molecular flexibility index (Phi) is 5.38. The molecule has 1 atom stereocenters. The summed E-state index contributed by atoms with van der Waals surface area (Å²) in [6.45, 7) is 2.06. The SMILES string of the molecule is CC[C@@H](NC(=O)c1ccccc1Br)c1ccc(Br)cc1. The predicted molar refractivity (Wildman–Crippen MR) is 88.8 cm³/mol. The van der Waals surface area contributed by atoms with Crippen molar-refractivity contribution in [2.45, 2.75) is 19.4 Å². The van der Waals surface area contributed by atoms with Crippen LogP contribution in [0.25, 0.3) is 0 Å². The summed E-state index contributed by atoms with van der Waals surface area (Å²) < 4.78 is 1.84. The van der Waals surface area contributed by atoms with Gasteiger partial charge in [-0.3, -0.25) is 4.79 Å². The van der Waals surface area contributed by atoms with Crippen LogP contribution in [0.3, 0.4) is 0 Å². The van der Waals surface area contributed by atoms with Crippen LogP contribution in [-0.4, -0.2) is 5.91 Å². The lowest BCUT2D eigenvalue weighted by molar-refractivity contribution is 0.0935. The fourth-order valence-electron chi connectivity index (χ4n) is 2.00. The number of halogens is 2. The van der Waals surface area contributed by atoms with Gasteiger partial charge in [0, 0.05) is 8.95 Å². The average Bonchev–Trinajstić information content (AvgIpc) is 2.46. The molecule has 0 heterocycles. The molecule has 0 aliphatic rings. The Labute approximate surface area is 135 Å².